The summed E-state index contributed by atoms with van der Waals surface area (Å²) in [5.74, 6) is 0.895. The van der Waals surface area contributed by atoms with Gasteiger partial charge >= 0.3 is 6.18 Å². The first-order chi connectivity index (χ1) is 13.8. The van der Waals surface area contributed by atoms with Crippen molar-refractivity contribution in [3.63, 3.8) is 0 Å². The molecule has 0 aliphatic carbocycles. The Morgan fingerprint density at radius 1 is 1.30 bits per heavy atom. The molecule has 1 aliphatic heterocycles. The number of nitrogens with zero attached hydrogens (tertiary/aromatic N) is 2. The van der Waals surface area contributed by atoms with Crippen LogP contribution in [0.2, 0.25) is 0 Å². The second-order valence-electron chi connectivity index (χ2n) is 7.13. The number of hydrogen-bond acceptors (Lipinski definition) is 4. The largest absolute Gasteiger partial charge is 0.484 e. The van der Waals surface area contributed by atoms with Crippen LogP contribution in [0.4, 0.5) is 13.2 Å². The fourth-order valence-corrected chi connectivity index (χ4v) is 3.12. The highest BCUT2D eigenvalue weighted by molar-refractivity contribution is 14.0. The van der Waals surface area contributed by atoms with Crippen LogP contribution in [-0.2, 0) is 11.3 Å². The van der Waals surface area contributed by atoms with Gasteiger partial charge in [0, 0.05) is 31.7 Å². The lowest BCUT2D eigenvalue weighted by Crippen LogP contribution is -2.53. The molecule has 0 saturated carbocycles. The number of ether oxygens (including phenoxy) is 2. The zero-order valence-corrected chi connectivity index (χ0v) is 20.0. The lowest BCUT2D eigenvalue weighted by Gasteiger charge is -2.38. The van der Waals surface area contributed by atoms with Gasteiger partial charge in [-0.05, 0) is 38.5 Å². The molecule has 1 saturated heterocycles. The fourth-order valence-electron chi connectivity index (χ4n) is 3.12. The molecule has 2 atom stereocenters. The second-order valence-corrected chi connectivity index (χ2v) is 7.13. The number of aliphatic imine (C=N–C) groups is 1. The van der Waals surface area contributed by atoms with Gasteiger partial charge in [0.05, 0.1) is 19.8 Å². The molecule has 1 heterocycles. The number of hydrogen-bond donors (Lipinski definition) is 2. The zero-order chi connectivity index (χ0) is 21.3. The third kappa shape index (κ3) is 9.69. The molecule has 1 fully saturated rings. The molecule has 1 aliphatic rings. The van der Waals surface area contributed by atoms with Gasteiger partial charge in [-0.2, -0.15) is 13.2 Å². The maximum absolute atomic E-state index is 12.2. The summed E-state index contributed by atoms with van der Waals surface area (Å²) in [6, 6.07) is 7.21. The molecule has 1 aromatic carbocycles. The van der Waals surface area contributed by atoms with Crippen molar-refractivity contribution in [2.24, 2.45) is 4.99 Å². The van der Waals surface area contributed by atoms with Crippen LogP contribution < -0.4 is 15.4 Å². The van der Waals surface area contributed by atoms with E-state index in [2.05, 4.69) is 34.4 Å². The van der Waals surface area contributed by atoms with E-state index in [1.165, 1.54) is 12.1 Å². The van der Waals surface area contributed by atoms with Gasteiger partial charge in [-0.15, -0.1) is 24.0 Å². The summed E-state index contributed by atoms with van der Waals surface area (Å²) >= 11 is 0. The van der Waals surface area contributed by atoms with E-state index in [0.717, 1.165) is 38.4 Å². The van der Waals surface area contributed by atoms with Crippen molar-refractivity contribution in [3.8, 4) is 5.75 Å². The first-order valence-electron chi connectivity index (χ1n) is 9.92. The minimum Gasteiger partial charge on any atom is -0.484 e. The molecule has 6 nitrogen and oxygen atoms in total. The van der Waals surface area contributed by atoms with E-state index in [0.29, 0.717) is 24.6 Å². The van der Waals surface area contributed by atoms with Crippen molar-refractivity contribution in [1.29, 1.82) is 0 Å². The summed E-state index contributed by atoms with van der Waals surface area (Å²) in [6.07, 6.45) is -4.34. The predicted octanol–water partition coefficient (Wildman–Crippen LogP) is 3.41. The highest BCUT2D eigenvalue weighted by Crippen LogP contribution is 2.19. The molecular formula is C20H32F3IN4O2. The SMILES string of the molecule is CCNC(=NCc1ccc(OCC(F)(F)F)cc1)NCC(C)N1CCOCC1C.I. The normalized spacial score (nSPS) is 19.0. The van der Waals surface area contributed by atoms with E-state index in [4.69, 9.17) is 9.47 Å². The van der Waals surface area contributed by atoms with Crippen LogP contribution in [0.1, 0.15) is 26.3 Å². The monoisotopic (exact) mass is 544 g/mol. The lowest BCUT2D eigenvalue weighted by molar-refractivity contribution is -0.153. The average molecular weight is 544 g/mol. The Labute approximate surface area is 193 Å². The van der Waals surface area contributed by atoms with E-state index < -0.39 is 12.8 Å². The molecular weight excluding hydrogens is 512 g/mol. The lowest BCUT2D eigenvalue weighted by atomic mass is 10.2. The van der Waals surface area contributed by atoms with Crippen molar-refractivity contribution < 1.29 is 22.6 Å². The summed E-state index contributed by atoms with van der Waals surface area (Å²) in [6.45, 7) is 9.37. The van der Waals surface area contributed by atoms with Crippen LogP contribution in [-0.4, -0.2) is 68.6 Å². The van der Waals surface area contributed by atoms with Gasteiger partial charge < -0.3 is 20.1 Å². The maximum atomic E-state index is 12.2. The van der Waals surface area contributed by atoms with E-state index in [-0.39, 0.29) is 29.7 Å². The molecule has 0 bridgehead atoms. The van der Waals surface area contributed by atoms with Crippen LogP contribution in [0.25, 0.3) is 0 Å². The van der Waals surface area contributed by atoms with Gasteiger partial charge in [0.15, 0.2) is 12.6 Å². The highest BCUT2D eigenvalue weighted by atomic mass is 127. The number of nitrogens with one attached hydrogen (secondary N) is 2. The van der Waals surface area contributed by atoms with Crippen molar-refractivity contribution in [1.82, 2.24) is 15.5 Å². The summed E-state index contributed by atoms with van der Waals surface area (Å²) in [5.41, 5.74) is 0.886. The first-order valence-corrected chi connectivity index (χ1v) is 9.92. The number of guanidine groups is 1. The Kier molecular flexibility index (Phi) is 11.8. The Morgan fingerprint density at radius 3 is 2.60 bits per heavy atom. The maximum Gasteiger partial charge on any atom is 0.422 e. The van der Waals surface area contributed by atoms with E-state index in [1.54, 1.807) is 12.1 Å². The van der Waals surface area contributed by atoms with E-state index in [9.17, 15) is 13.2 Å². The second kappa shape index (κ2) is 13.2. The predicted molar refractivity (Wildman–Crippen MR) is 123 cm³/mol. The zero-order valence-electron chi connectivity index (χ0n) is 17.7. The standard InChI is InChI=1S/C20H31F3N4O2.HI/c1-4-24-19(25-11-15(2)27-9-10-28-13-16(27)3)26-12-17-5-7-18(8-6-17)29-14-20(21,22)23;/h5-8,15-16H,4,9-14H2,1-3H3,(H2,24,25,26);1H. The number of benzene rings is 1. The van der Waals surface area contributed by atoms with Crippen molar-refractivity contribution in [2.45, 2.75) is 45.6 Å². The molecule has 2 rings (SSSR count). The number of alkyl halides is 3. The summed E-state index contributed by atoms with van der Waals surface area (Å²) in [5, 5.41) is 6.58. The molecule has 0 aromatic heterocycles. The van der Waals surface area contributed by atoms with Gasteiger partial charge in [0.25, 0.3) is 0 Å². The van der Waals surface area contributed by atoms with Crippen LogP contribution in [0.15, 0.2) is 29.3 Å². The van der Waals surface area contributed by atoms with Crippen molar-refractivity contribution in [2.75, 3.05) is 39.5 Å². The molecule has 0 amide bonds. The Balaban J connectivity index is 0.00000450. The third-order valence-corrected chi connectivity index (χ3v) is 4.64. The van der Waals surface area contributed by atoms with E-state index in [1.807, 2.05) is 6.92 Å². The quantitative estimate of drug-likeness (QED) is 0.299. The number of halogens is 4. The van der Waals surface area contributed by atoms with Crippen LogP contribution in [0, 0.1) is 0 Å². The molecule has 0 spiro atoms. The van der Waals surface area contributed by atoms with Crippen LogP contribution in [0.5, 0.6) is 5.75 Å². The summed E-state index contributed by atoms with van der Waals surface area (Å²) in [7, 11) is 0. The van der Waals surface area contributed by atoms with Crippen molar-refractivity contribution in [3.05, 3.63) is 29.8 Å². The third-order valence-electron chi connectivity index (χ3n) is 4.64. The minimum absolute atomic E-state index is 0. The van der Waals surface area contributed by atoms with Crippen LogP contribution in [0.3, 0.4) is 0 Å². The van der Waals surface area contributed by atoms with Gasteiger partial charge in [-0.25, -0.2) is 4.99 Å². The van der Waals surface area contributed by atoms with Gasteiger partial charge in [-0.3, -0.25) is 4.90 Å². The van der Waals surface area contributed by atoms with Gasteiger partial charge in [0.2, 0.25) is 0 Å². The van der Waals surface area contributed by atoms with E-state index >= 15 is 0 Å². The molecule has 1 aromatic rings. The molecule has 172 valence electrons. The topological polar surface area (TPSA) is 58.1 Å². The fraction of sp³-hybridized carbons (Fsp3) is 0.650. The Bertz CT molecular complexity index is 644. The molecule has 10 heteroatoms. The first kappa shape index (κ1) is 26.8. The summed E-state index contributed by atoms with van der Waals surface area (Å²) < 4.78 is 46.8. The Hall–Kier alpha value is -1.27. The molecule has 2 N–H and O–H groups in total. The molecule has 2 unspecified atom stereocenters. The van der Waals surface area contributed by atoms with Crippen LogP contribution >= 0.6 is 24.0 Å². The number of rotatable bonds is 8. The van der Waals surface area contributed by atoms with Crippen molar-refractivity contribution >= 4 is 29.9 Å². The highest BCUT2D eigenvalue weighted by Gasteiger charge is 2.28. The molecule has 30 heavy (non-hydrogen) atoms. The van der Waals surface area contributed by atoms with Gasteiger partial charge in [-0.1, -0.05) is 12.1 Å². The summed E-state index contributed by atoms with van der Waals surface area (Å²) in [4.78, 5) is 6.98. The smallest absolute Gasteiger partial charge is 0.422 e. The number of morpholine rings is 1. The molecule has 0 radical (unpaired) electrons. The van der Waals surface area contributed by atoms with Gasteiger partial charge in [0.1, 0.15) is 5.75 Å². The Morgan fingerprint density at radius 2 is 2.00 bits per heavy atom. The average Bonchev–Trinajstić information content (AvgIpc) is 2.69. The minimum atomic E-state index is -4.34.